The maximum atomic E-state index is 10.7. The van der Waals surface area contributed by atoms with Crippen LogP contribution in [0.2, 0.25) is 0 Å². The summed E-state index contributed by atoms with van der Waals surface area (Å²) < 4.78 is 0. The fraction of sp³-hybridized carbons (Fsp3) is 0.300. The van der Waals surface area contributed by atoms with Gasteiger partial charge in [-0.1, -0.05) is 31.5 Å². The highest BCUT2D eigenvalue weighted by atomic mass is 16.6. The highest BCUT2D eigenvalue weighted by molar-refractivity contribution is 5.49. The quantitative estimate of drug-likeness (QED) is 0.527. The zero-order valence-electron chi connectivity index (χ0n) is 7.62. The van der Waals surface area contributed by atoms with Crippen molar-refractivity contribution in [3.8, 4) is 0 Å². The Kier molecular flexibility index (Phi) is 3.01. The number of para-hydroxylation sites is 1. The molecule has 1 rings (SSSR count). The van der Waals surface area contributed by atoms with Gasteiger partial charge in [-0.2, -0.15) is 0 Å². The predicted octanol–water partition coefficient (Wildman–Crippen LogP) is 2.73. The monoisotopic (exact) mass is 178 g/mol. The molecule has 0 unspecified atom stereocenters. The molecule has 0 bridgehead atoms. The average molecular weight is 178 g/mol. The van der Waals surface area contributed by atoms with Crippen LogP contribution in [0.3, 0.4) is 0 Å². The van der Waals surface area contributed by atoms with Gasteiger partial charge in [0.25, 0.3) is 5.69 Å². The first-order chi connectivity index (χ1) is 6.16. The van der Waals surface area contributed by atoms with Crippen molar-refractivity contribution in [1.29, 1.82) is 0 Å². The Morgan fingerprint density at radius 1 is 1.54 bits per heavy atom. The van der Waals surface area contributed by atoms with Crippen LogP contribution < -0.4 is 0 Å². The molecule has 0 saturated carbocycles. The average Bonchev–Trinajstić information content (AvgIpc) is 2.04. The largest absolute Gasteiger partial charge is 0.275 e. The number of rotatable bonds is 3. The summed E-state index contributed by atoms with van der Waals surface area (Å²) in [5.74, 6) is 0. The van der Waals surface area contributed by atoms with Crippen molar-refractivity contribution in [3.05, 3.63) is 46.4 Å². The molecule has 0 spiro atoms. The molecule has 3 heteroatoms. The number of benzene rings is 1. The summed E-state index contributed by atoms with van der Waals surface area (Å²) in [5, 5.41) is 10.7. The minimum Gasteiger partial charge on any atom is -0.258 e. The summed E-state index contributed by atoms with van der Waals surface area (Å²) in [4.78, 5) is 10.3. The van der Waals surface area contributed by atoms with Crippen LogP contribution in [0.15, 0.2) is 18.2 Å². The molecule has 0 aromatic heterocycles. The third-order valence-electron chi connectivity index (χ3n) is 1.91. The van der Waals surface area contributed by atoms with E-state index in [0.717, 1.165) is 18.4 Å². The predicted molar refractivity (Wildman–Crippen MR) is 51.6 cm³/mol. The van der Waals surface area contributed by atoms with Gasteiger partial charge in [0.05, 0.1) is 4.92 Å². The molecule has 0 aliphatic heterocycles. The Hall–Kier alpha value is -1.38. The fourth-order valence-corrected chi connectivity index (χ4v) is 1.35. The third kappa shape index (κ3) is 2.05. The van der Waals surface area contributed by atoms with E-state index in [1.54, 1.807) is 18.2 Å². The molecule has 0 aliphatic rings. The summed E-state index contributed by atoms with van der Waals surface area (Å²) >= 11 is 0. The van der Waals surface area contributed by atoms with E-state index in [4.69, 9.17) is 0 Å². The van der Waals surface area contributed by atoms with Crippen molar-refractivity contribution in [3.63, 3.8) is 0 Å². The van der Waals surface area contributed by atoms with Gasteiger partial charge in [-0.25, -0.2) is 0 Å². The van der Waals surface area contributed by atoms with E-state index in [0.29, 0.717) is 5.56 Å². The van der Waals surface area contributed by atoms with Gasteiger partial charge < -0.3 is 0 Å². The van der Waals surface area contributed by atoms with Gasteiger partial charge in [0.2, 0.25) is 0 Å². The summed E-state index contributed by atoms with van der Waals surface area (Å²) in [5.41, 5.74) is 1.44. The number of nitrogens with zero attached hydrogens (tertiary/aromatic N) is 1. The lowest BCUT2D eigenvalue weighted by molar-refractivity contribution is -0.386. The van der Waals surface area contributed by atoms with Crippen LogP contribution in [0.5, 0.6) is 0 Å². The Labute approximate surface area is 77.5 Å². The third-order valence-corrected chi connectivity index (χ3v) is 1.91. The molecule has 69 valence electrons. The second-order valence-electron chi connectivity index (χ2n) is 2.93. The molecule has 0 N–H and O–H groups in total. The van der Waals surface area contributed by atoms with Crippen molar-refractivity contribution in [2.24, 2.45) is 0 Å². The summed E-state index contributed by atoms with van der Waals surface area (Å²) in [6, 6.07) is 5.26. The van der Waals surface area contributed by atoms with Gasteiger partial charge in [-0.3, -0.25) is 10.1 Å². The number of hydrogen-bond donors (Lipinski definition) is 0. The van der Waals surface area contributed by atoms with Crippen LogP contribution in [0.25, 0.3) is 0 Å². The van der Waals surface area contributed by atoms with Crippen molar-refractivity contribution < 1.29 is 4.92 Å². The molecule has 0 atom stereocenters. The fourth-order valence-electron chi connectivity index (χ4n) is 1.35. The summed E-state index contributed by atoms with van der Waals surface area (Å²) in [6.07, 6.45) is 1.64. The van der Waals surface area contributed by atoms with Crippen molar-refractivity contribution >= 4 is 5.69 Å². The number of nitro benzene ring substituents is 1. The molecular formula is C10H12NO2. The first-order valence-electron chi connectivity index (χ1n) is 4.25. The molecule has 13 heavy (non-hydrogen) atoms. The van der Waals surface area contributed by atoms with Crippen LogP contribution >= 0.6 is 0 Å². The standard InChI is InChI=1S/C10H12NO2/c1-3-5-9-7-4-6-8(2)10(9)11(12)13/h4,6-7H,2-3,5H2,1H3. The molecule has 1 radical (unpaired) electrons. The molecule has 0 aliphatic carbocycles. The Balaban J connectivity index is 3.17. The molecule has 0 heterocycles. The second-order valence-corrected chi connectivity index (χ2v) is 2.93. The van der Waals surface area contributed by atoms with E-state index >= 15 is 0 Å². The number of nitro groups is 1. The zero-order valence-corrected chi connectivity index (χ0v) is 7.62. The first-order valence-corrected chi connectivity index (χ1v) is 4.25. The first kappa shape index (κ1) is 9.71. The van der Waals surface area contributed by atoms with Crippen LogP contribution in [-0.2, 0) is 6.42 Å². The number of hydrogen-bond acceptors (Lipinski definition) is 2. The molecule has 1 aromatic carbocycles. The lowest BCUT2D eigenvalue weighted by Crippen LogP contribution is -1.97. The minimum atomic E-state index is -0.354. The normalized spacial score (nSPS) is 10.0. The maximum Gasteiger partial charge on any atom is 0.275 e. The lowest BCUT2D eigenvalue weighted by atomic mass is 10.0. The van der Waals surface area contributed by atoms with Crippen LogP contribution in [0.4, 0.5) is 5.69 Å². The van der Waals surface area contributed by atoms with Crippen LogP contribution in [0.1, 0.15) is 24.5 Å². The topological polar surface area (TPSA) is 43.1 Å². The van der Waals surface area contributed by atoms with E-state index in [9.17, 15) is 10.1 Å². The van der Waals surface area contributed by atoms with Crippen molar-refractivity contribution in [1.82, 2.24) is 0 Å². The van der Waals surface area contributed by atoms with Crippen molar-refractivity contribution in [2.45, 2.75) is 19.8 Å². The highest BCUT2D eigenvalue weighted by Crippen LogP contribution is 2.23. The van der Waals surface area contributed by atoms with Gasteiger partial charge in [-0.15, -0.1) is 0 Å². The van der Waals surface area contributed by atoms with E-state index in [1.807, 2.05) is 6.92 Å². The Morgan fingerprint density at radius 2 is 2.23 bits per heavy atom. The van der Waals surface area contributed by atoms with Crippen molar-refractivity contribution in [2.75, 3.05) is 0 Å². The second kappa shape index (κ2) is 4.03. The van der Waals surface area contributed by atoms with E-state index < -0.39 is 0 Å². The van der Waals surface area contributed by atoms with Crippen LogP contribution in [-0.4, -0.2) is 4.92 Å². The molecule has 1 aromatic rings. The minimum absolute atomic E-state index is 0.171. The van der Waals surface area contributed by atoms with Gasteiger partial charge in [0.15, 0.2) is 0 Å². The molecule has 3 nitrogen and oxygen atoms in total. The maximum absolute atomic E-state index is 10.7. The molecule has 0 amide bonds. The van der Waals surface area contributed by atoms with E-state index in [2.05, 4.69) is 6.92 Å². The molecule has 0 fully saturated rings. The lowest BCUT2D eigenvalue weighted by Gasteiger charge is -2.02. The van der Waals surface area contributed by atoms with Gasteiger partial charge in [0.1, 0.15) is 0 Å². The van der Waals surface area contributed by atoms with Gasteiger partial charge in [-0.05, 0) is 13.3 Å². The number of aryl methyl sites for hydroxylation is 1. The summed E-state index contributed by atoms with van der Waals surface area (Å²) in [6.45, 7) is 5.64. The highest BCUT2D eigenvalue weighted by Gasteiger charge is 2.15. The SMILES string of the molecule is [CH2]c1cccc(CCC)c1[N+](=O)[O-]. The Morgan fingerprint density at radius 3 is 2.77 bits per heavy atom. The molecule has 0 saturated heterocycles. The summed E-state index contributed by atoms with van der Waals surface area (Å²) in [7, 11) is 0. The van der Waals surface area contributed by atoms with E-state index in [-0.39, 0.29) is 10.6 Å². The molecular weight excluding hydrogens is 166 g/mol. The van der Waals surface area contributed by atoms with Gasteiger partial charge in [0, 0.05) is 11.1 Å². The Bertz CT molecular complexity index is 321. The smallest absolute Gasteiger partial charge is 0.258 e. The van der Waals surface area contributed by atoms with Crippen LogP contribution in [0, 0.1) is 17.0 Å². The van der Waals surface area contributed by atoms with E-state index in [1.165, 1.54) is 0 Å². The zero-order chi connectivity index (χ0) is 9.84. The van der Waals surface area contributed by atoms with Gasteiger partial charge >= 0.3 is 0 Å².